The van der Waals surface area contributed by atoms with Gasteiger partial charge in [0.15, 0.2) is 11.6 Å². The Hall–Kier alpha value is -3.25. The SMILES string of the molecule is Cc1c(F)cccc1CC1[C@@H](C(=O)c2cccnc2)CNC[C@H]1C(=O)c1cccnc1. The molecule has 1 N–H and O–H groups in total. The molecule has 31 heavy (non-hydrogen) atoms. The number of carbonyl (C=O) groups is 2. The third-order valence-electron chi connectivity index (χ3n) is 6.16. The number of pyridine rings is 2. The molecule has 1 unspecified atom stereocenters. The zero-order valence-electron chi connectivity index (χ0n) is 17.3. The van der Waals surface area contributed by atoms with E-state index >= 15 is 0 Å². The maximum absolute atomic E-state index is 14.2. The number of hydrogen-bond acceptors (Lipinski definition) is 5. The highest BCUT2D eigenvalue weighted by molar-refractivity contribution is 6.01. The van der Waals surface area contributed by atoms with Crippen molar-refractivity contribution >= 4 is 11.6 Å². The maximum Gasteiger partial charge on any atom is 0.169 e. The van der Waals surface area contributed by atoms with Crippen molar-refractivity contribution in [3.05, 3.63) is 95.3 Å². The minimum absolute atomic E-state index is 0.0525. The van der Waals surface area contributed by atoms with E-state index in [0.29, 0.717) is 36.2 Å². The van der Waals surface area contributed by atoms with Crippen LogP contribution in [-0.4, -0.2) is 34.6 Å². The normalized spacial score (nSPS) is 20.9. The van der Waals surface area contributed by atoms with Crippen LogP contribution in [0.5, 0.6) is 0 Å². The van der Waals surface area contributed by atoms with Gasteiger partial charge in [-0.1, -0.05) is 12.1 Å². The second kappa shape index (κ2) is 9.27. The fourth-order valence-corrected chi connectivity index (χ4v) is 4.41. The van der Waals surface area contributed by atoms with E-state index in [-0.39, 0.29) is 23.3 Å². The van der Waals surface area contributed by atoms with Crippen LogP contribution in [0.15, 0.2) is 67.3 Å². The quantitative estimate of drug-likeness (QED) is 0.620. The van der Waals surface area contributed by atoms with Crippen molar-refractivity contribution in [1.29, 1.82) is 0 Å². The Morgan fingerprint density at radius 1 is 0.935 bits per heavy atom. The van der Waals surface area contributed by atoms with Crippen molar-refractivity contribution in [2.45, 2.75) is 13.3 Å². The number of carbonyl (C=O) groups excluding carboxylic acids is 2. The Morgan fingerprint density at radius 3 is 2.03 bits per heavy atom. The molecule has 0 saturated carbocycles. The number of ketones is 2. The zero-order chi connectivity index (χ0) is 21.8. The minimum atomic E-state index is -0.425. The number of nitrogens with zero attached hydrogens (tertiary/aromatic N) is 2. The molecule has 158 valence electrons. The average Bonchev–Trinajstić information content (AvgIpc) is 2.82. The van der Waals surface area contributed by atoms with Gasteiger partial charge in [-0.2, -0.15) is 0 Å². The topological polar surface area (TPSA) is 72.0 Å². The van der Waals surface area contributed by atoms with Crippen LogP contribution in [0.4, 0.5) is 4.39 Å². The summed E-state index contributed by atoms with van der Waals surface area (Å²) in [5.74, 6) is -1.51. The molecule has 2 aromatic heterocycles. The lowest BCUT2D eigenvalue weighted by Crippen LogP contribution is -2.50. The number of Topliss-reactive ketones (excluding diaryl/α,β-unsaturated/α-hetero) is 2. The van der Waals surface area contributed by atoms with Crippen molar-refractivity contribution in [3.8, 4) is 0 Å². The smallest absolute Gasteiger partial charge is 0.169 e. The molecular weight excluding hydrogens is 393 g/mol. The van der Waals surface area contributed by atoms with Gasteiger partial charge < -0.3 is 5.32 Å². The van der Waals surface area contributed by atoms with Crippen LogP contribution in [-0.2, 0) is 6.42 Å². The summed E-state index contributed by atoms with van der Waals surface area (Å²) in [5, 5.41) is 3.27. The van der Waals surface area contributed by atoms with Crippen LogP contribution in [0.3, 0.4) is 0 Å². The van der Waals surface area contributed by atoms with Gasteiger partial charge in [0.2, 0.25) is 0 Å². The number of halogens is 1. The molecule has 3 atom stereocenters. The molecule has 1 saturated heterocycles. The van der Waals surface area contributed by atoms with Crippen LogP contribution in [0.2, 0.25) is 0 Å². The molecule has 4 rings (SSSR count). The van der Waals surface area contributed by atoms with Crippen molar-refractivity contribution < 1.29 is 14.0 Å². The molecule has 6 heteroatoms. The van der Waals surface area contributed by atoms with Gasteiger partial charge in [-0.25, -0.2) is 4.39 Å². The van der Waals surface area contributed by atoms with E-state index in [2.05, 4.69) is 15.3 Å². The number of piperidine rings is 1. The molecule has 0 aliphatic carbocycles. The molecular formula is C25H24FN3O2. The summed E-state index contributed by atoms with van der Waals surface area (Å²) in [6.07, 6.45) is 6.80. The van der Waals surface area contributed by atoms with Crippen molar-refractivity contribution in [1.82, 2.24) is 15.3 Å². The first-order chi connectivity index (χ1) is 15.1. The molecule has 5 nitrogen and oxygen atoms in total. The fraction of sp³-hybridized carbons (Fsp3) is 0.280. The first kappa shape index (κ1) is 21.0. The van der Waals surface area contributed by atoms with Gasteiger partial charge in [0.1, 0.15) is 5.82 Å². The number of benzene rings is 1. The van der Waals surface area contributed by atoms with Crippen LogP contribution in [0.1, 0.15) is 31.8 Å². The fourth-order valence-electron chi connectivity index (χ4n) is 4.41. The van der Waals surface area contributed by atoms with Crippen LogP contribution >= 0.6 is 0 Å². The van der Waals surface area contributed by atoms with E-state index in [1.807, 2.05) is 6.07 Å². The average molecular weight is 417 g/mol. The second-order valence-corrected chi connectivity index (χ2v) is 7.98. The molecule has 0 bridgehead atoms. The lowest BCUT2D eigenvalue weighted by atomic mass is 9.70. The molecule has 0 amide bonds. The highest BCUT2D eigenvalue weighted by Gasteiger charge is 2.41. The number of aromatic nitrogens is 2. The number of hydrogen-bond donors (Lipinski definition) is 1. The summed E-state index contributed by atoms with van der Waals surface area (Å²) in [6.45, 7) is 2.66. The summed E-state index contributed by atoms with van der Waals surface area (Å²) < 4.78 is 14.2. The largest absolute Gasteiger partial charge is 0.315 e. The Balaban J connectivity index is 1.72. The Kier molecular flexibility index (Phi) is 6.28. The molecule has 0 spiro atoms. The van der Waals surface area contributed by atoms with Crippen molar-refractivity contribution in [2.24, 2.45) is 17.8 Å². The van der Waals surface area contributed by atoms with Gasteiger partial charge in [-0.15, -0.1) is 0 Å². The Bertz CT molecular complexity index is 1010. The summed E-state index contributed by atoms with van der Waals surface area (Å²) in [4.78, 5) is 34.9. The van der Waals surface area contributed by atoms with Crippen LogP contribution in [0.25, 0.3) is 0 Å². The van der Waals surface area contributed by atoms with E-state index in [1.165, 1.54) is 6.07 Å². The third kappa shape index (κ3) is 4.44. The van der Waals surface area contributed by atoms with Crippen molar-refractivity contribution in [3.63, 3.8) is 0 Å². The Morgan fingerprint density at radius 2 is 1.52 bits per heavy atom. The first-order valence-corrected chi connectivity index (χ1v) is 10.4. The zero-order valence-corrected chi connectivity index (χ0v) is 17.3. The minimum Gasteiger partial charge on any atom is -0.315 e. The molecule has 1 aromatic carbocycles. The predicted octanol–water partition coefficient (Wildman–Crippen LogP) is 3.68. The van der Waals surface area contributed by atoms with Gasteiger partial charge in [0.05, 0.1) is 0 Å². The highest BCUT2D eigenvalue weighted by Crippen LogP contribution is 2.34. The third-order valence-corrected chi connectivity index (χ3v) is 6.16. The van der Waals surface area contributed by atoms with E-state index < -0.39 is 11.8 Å². The molecule has 0 radical (unpaired) electrons. The van der Waals surface area contributed by atoms with Gasteiger partial charge >= 0.3 is 0 Å². The van der Waals surface area contributed by atoms with E-state index in [9.17, 15) is 14.0 Å². The molecule has 1 fully saturated rings. The van der Waals surface area contributed by atoms with E-state index in [4.69, 9.17) is 0 Å². The molecule has 1 aliphatic heterocycles. The van der Waals surface area contributed by atoms with E-state index in [0.717, 1.165) is 5.56 Å². The monoisotopic (exact) mass is 417 g/mol. The first-order valence-electron chi connectivity index (χ1n) is 10.4. The predicted molar refractivity (Wildman–Crippen MR) is 115 cm³/mol. The molecule has 1 aliphatic rings. The lowest BCUT2D eigenvalue weighted by molar-refractivity contribution is 0.0682. The lowest BCUT2D eigenvalue weighted by Gasteiger charge is -2.37. The summed E-state index contributed by atoms with van der Waals surface area (Å²) in [7, 11) is 0. The molecule has 3 heterocycles. The van der Waals surface area contributed by atoms with Gasteiger partial charge in [0.25, 0.3) is 0 Å². The van der Waals surface area contributed by atoms with Gasteiger partial charge in [-0.05, 0) is 60.7 Å². The number of nitrogens with one attached hydrogen (secondary N) is 1. The van der Waals surface area contributed by atoms with Crippen LogP contribution in [0, 0.1) is 30.5 Å². The van der Waals surface area contributed by atoms with Gasteiger partial charge in [0, 0.05) is 60.8 Å². The standard InChI is InChI=1S/C25H24FN3O2/c1-16-17(5-2-8-23(16)26)11-20-21(24(30)18-6-3-9-27-12-18)14-29-15-22(20)25(31)19-7-4-10-28-13-19/h2-10,12-13,20-22,29H,11,14-15H2,1H3/t20?,21-,22+. The maximum atomic E-state index is 14.2. The van der Waals surface area contributed by atoms with Crippen LogP contribution < -0.4 is 5.32 Å². The summed E-state index contributed by atoms with van der Waals surface area (Å²) in [6, 6.07) is 11.9. The summed E-state index contributed by atoms with van der Waals surface area (Å²) >= 11 is 0. The number of rotatable bonds is 6. The second-order valence-electron chi connectivity index (χ2n) is 7.98. The Labute approximate surface area is 180 Å². The van der Waals surface area contributed by atoms with E-state index in [1.54, 1.807) is 62.0 Å². The highest BCUT2D eigenvalue weighted by atomic mass is 19.1. The van der Waals surface area contributed by atoms with Crippen molar-refractivity contribution in [2.75, 3.05) is 13.1 Å². The summed E-state index contributed by atoms with van der Waals surface area (Å²) in [5.41, 5.74) is 2.41. The molecule has 3 aromatic rings. The van der Waals surface area contributed by atoms with Gasteiger partial charge in [-0.3, -0.25) is 19.6 Å².